The lowest BCUT2D eigenvalue weighted by Gasteiger charge is -2.66. The highest BCUT2D eigenvalue weighted by Crippen LogP contribution is 2.70. The van der Waals surface area contributed by atoms with Crippen molar-refractivity contribution in [1.29, 1.82) is 0 Å². The molecule has 0 nitrogen and oxygen atoms in total. The molecule has 0 aromatic carbocycles. The molecule has 3 atom stereocenters. The Bertz CT molecular complexity index is 502. The molecule has 3 unspecified atom stereocenters. The van der Waals surface area contributed by atoms with Crippen LogP contribution < -0.4 is 0 Å². The summed E-state index contributed by atoms with van der Waals surface area (Å²) in [4.78, 5) is 1.46. The third-order valence-electron chi connectivity index (χ3n) is 6.40. The lowest BCUT2D eigenvalue weighted by atomic mass is 9.39. The van der Waals surface area contributed by atoms with Crippen molar-refractivity contribution in [3.05, 3.63) is 22.4 Å². The molecule has 5 rings (SSSR count). The van der Waals surface area contributed by atoms with E-state index in [4.69, 9.17) is 11.6 Å². The molecule has 0 N–H and O–H groups in total. The van der Waals surface area contributed by atoms with Gasteiger partial charge in [-0.05, 0) is 85.0 Å². The van der Waals surface area contributed by atoms with Gasteiger partial charge >= 0.3 is 0 Å². The zero-order valence-corrected chi connectivity index (χ0v) is 14.9. The highest BCUT2D eigenvalue weighted by Gasteiger charge is 2.59. The molecule has 0 amide bonds. The second-order valence-corrected chi connectivity index (χ2v) is 10.9. The van der Waals surface area contributed by atoms with E-state index in [9.17, 15) is 0 Å². The maximum Gasteiger partial charge on any atom is 0.0389 e. The average Bonchev–Trinajstić information content (AvgIpc) is 2.74. The molecule has 4 aliphatic rings. The zero-order chi connectivity index (χ0) is 14.7. The predicted octanol–water partition coefficient (Wildman–Crippen LogP) is 6.28. The van der Waals surface area contributed by atoms with E-state index in [-0.39, 0.29) is 0 Å². The minimum atomic E-state index is 0.326. The highest BCUT2D eigenvalue weighted by atomic mass is 35.5. The van der Waals surface area contributed by atoms with Gasteiger partial charge in [0, 0.05) is 10.3 Å². The summed E-state index contributed by atoms with van der Waals surface area (Å²) in [5.41, 5.74) is 1.80. The molecule has 116 valence electrons. The van der Waals surface area contributed by atoms with Gasteiger partial charge in [-0.25, -0.2) is 0 Å². The molecule has 0 saturated heterocycles. The van der Waals surface area contributed by atoms with Gasteiger partial charge in [0.25, 0.3) is 0 Å². The van der Waals surface area contributed by atoms with Crippen molar-refractivity contribution in [2.45, 2.75) is 70.6 Å². The molecule has 1 heterocycles. The summed E-state index contributed by atoms with van der Waals surface area (Å²) in [5, 5.41) is 2.50. The van der Waals surface area contributed by atoms with E-state index in [0.717, 1.165) is 12.3 Å². The van der Waals surface area contributed by atoms with Crippen molar-refractivity contribution in [1.82, 2.24) is 0 Å². The Morgan fingerprint density at radius 1 is 1.19 bits per heavy atom. The van der Waals surface area contributed by atoms with Gasteiger partial charge < -0.3 is 0 Å². The fraction of sp³-hybridized carbons (Fsp3) is 0.789. The maximum atomic E-state index is 6.81. The van der Waals surface area contributed by atoms with Gasteiger partial charge in [0.05, 0.1) is 0 Å². The van der Waals surface area contributed by atoms with Crippen LogP contribution in [0.4, 0.5) is 0 Å². The summed E-state index contributed by atoms with van der Waals surface area (Å²) in [6.07, 6.45) is 11.1. The van der Waals surface area contributed by atoms with Crippen LogP contribution in [-0.4, -0.2) is 5.38 Å². The van der Waals surface area contributed by atoms with Crippen LogP contribution in [0.5, 0.6) is 0 Å². The zero-order valence-electron chi connectivity index (χ0n) is 13.3. The molecular weight excluding hydrogens is 296 g/mol. The smallest absolute Gasteiger partial charge is 0.0389 e. The first-order chi connectivity index (χ1) is 9.88. The SMILES string of the molecule is CC12CC3CC(C)(C1)CC(CC(Cl)Cc1cccs1)(C3)C2. The van der Waals surface area contributed by atoms with Gasteiger partial charge in [-0.15, -0.1) is 22.9 Å². The topological polar surface area (TPSA) is 0 Å². The molecule has 4 bridgehead atoms. The summed E-state index contributed by atoms with van der Waals surface area (Å²) in [6, 6.07) is 4.39. The number of hydrogen-bond acceptors (Lipinski definition) is 1. The van der Waals surface area contributed by atoms with Crippen LogP contribution in [0, 0.1) is 22.2 Å². The van der Waals surface area contributed by atoms with Gasteiger partial charge in [0.15, 0.2) is 0 Å². The fourth-order valence-electron chi connectivity index (χ4n) is 7.10. The van der Waals surface area contributed by atoms with Crippen LogP contribution >= 0.6 is 22.9 Å². The van der Waals surface area contributed by atoms with Gasteiger partial charge in [-0.1, -0.05) is 19.9 Å². The first-order valence-electron chi connectivity index (χ1n) is 8.54. The predicted molar refractivity (Wildman–Crippen MR) is 92.1 cm³/mol. The quantitative estimate of drug-likeness (QED) is 0.572. The molecule has 21 heavy (non-hydrogen) atoms. The lowest BCUT2D eigenvalue weighted by molar-refractivity contribution is -0.147. The number of halogens is 1. The van der Waals surface area contributed by atoms with Crippen molar-refractivity contribution in [3.63, 3.8) is 0 Å². The Morgan fingerprint density at radius 2 is 1.90 bits per heavy atom. The molecule has 4 aliphatic carbocycles. The van der Waals surface area contributed by atoms with Crippen LogP contribution in [0.1, 0.15) is 63.7 Å². The molecule has 0 radical (unpaired) electrons. The Kier molecular flexibility index (Phi) is 3.29. The first-order valence-corrected chi connectivity index (χ1v) is 9.86. The minimum absolute atomic E-state index is 0.326. The minimum Gasteiger partial charge on any atom is -0.149 e. The van der Waals surface area contributed by atoms with E-state index in [1.165, 1.54) is 49.8 Å². The van der Waals surface area contributed by atoms with Crippen LogP contribution in [0.2, 0.25) is 0 Å². The Hall–Kier alpha value is -0.0100. The van der Waals surface area contributed by atoms with Gasteiger partial charge in [-0.3, -0.25) is 0 Å². The highest BCUT2D eigenvalue weighted by molar-refractivity contribution is 7.09. The third-order valence-corrected chi connectivity index (χ3v) is 7.61. The Morgan fingerprint density at radius 3 is 2.48 bits per heavy atom. The van der Waals surface area contributed by atoms with Crippen molar-refractivity contribution < 1.29 is 0 Å². The number of rotatable bonds is 4. The number of alkyl halides is 1. The van der Waals surface area contributed by atoms with Crippen molar-refractivity contribution in [3.8, 4) is 0 Å². The van der Waals surface area contributed by atoms with Crippen molar-refractivity contribution in [2.75, 3.05) is 0 Å². The van der Waals surface area contributed by atoms with Crippen LogP contribution in [-0.2, 0) is 6.42 Å². The normalized spacial score (nSPS) is 46.0. The van der Waals surface area contributed by atoms with E-state index in [0.29, 0.717) is 21.6 Å². The summed E-state index contributed by atoms with van der Waals surface area (Å²) < 4.78 is 0. The molecule has 2 heteroatoms. The molecular formula is C19H27ClS. The average molecular weight is 323 g/mol. The Labute approximate surface area is 138 Å². The van der Waals surface area contributed by atoms with E-state index in [1.54, 1.807) is 0 Å². The summed E-state index contributed by atoms with van der Waals surface area (Å²) in [7, 11) is 0. The monoisotopic (exact) mass is 322 g/mol. The van der Waals surface area contributed by atoms with E-state index < -0.39 is 0 Å². The van der Waals surface area contributed by atoms with Gasteiger partial charge in [0.2, 0.25) is 0 Å². The molecule has 1 aromatic heterocycles. The van der Waals surface area contributed by atoms with E-state index in [2.05, 4.69) is 31.4 Å². The van der Waals surface area contributed by atoms with Crippen LogP contribution in [0.25, 0.3) is 0 Å². The summed E-state index contributed by atoms with van der Waals surface area (Å²) >= 11 is 8.66. The molecule has 1 aromatic rings. The number of hydrogen-bond donors (Lipinski definition) is 0. The third kappa shape index (κ3) is 2.70. The molecule has 0 spiro atoms. The fourth-order valence-corrected chi connectivity index (χ4v) is 8.47. The second-order valence-electron chi connectivity index (χ2n) is 9.21. The summed E-state index contributed by atoms with van der Waals surface area (Å²) in [5.74, 6) is 0.988. The molecule has 4 saturated carbocycles. The van der Waals surface area contributed by atoms with Gasteiger partial charge in [0.1, 0.15) is 0 Å². The van der Waals surface area contributed by atoms with Gasteiger partial charge in [-0.2, -0.15) is 0 Å². The van der Waals surface area contributed by atoms with Crippen molar-refractivity contribution in [2.24, 2.45) is 22.2 Å². The largest absolute Gasteiger partial charge is 0.149 e. The maximum absolute atomic E-state index is 6.81. The van der Waals surface area contributed by atoms with E-state index >= 15 is 0 Å². The number of thiophene rings is 1. The molecule has 4 fully saturated rings. The molecule has 0 aliphatic heterocycles. The van der Waals surface area contributed by atoms with Crippen LogP contribution in [0.15, 0.2) is 17.5 Å². The Balaban J connectivity index is 1.51. The van der Waals surface area contributed by atoms with Crippen molar-refractivity contribution >= 4 is 22.9 Å². The van der Waals surface area contributed by atoms with Crippen LogP contribution in [0.3, 0.4) is 0 Å². The first kappa shape index (κ1) is 14.6. The van der Waals surface area contributed by atoms with E-state index in [1.807, 2.05) is 11.3 Å². The summed E-state index contributed by atoms with van der Waals surface area (Å²) in [6.45, 7) is 5.12. The lowest BCUT2D eigenvalue weighted by Crippen LogP contribution is -2.55. The standard InChI is InChI=1S/C19H27ClS/c1-17-7-14-8-18(2,11-17)13-19(9-14,12-17)10-15(20)6-16-4-3-5-21-16/h3-5,14-15H,6-13H2,1-2H3. The second kappa shape index (κ2) is 4.74.